The molecule has 0 aromatic heterocycles. The van der Waals surface area contributed by atoms with E-state index in [4.69, 9.17) is 10.00 Å². The highest BCUT2D eigenvalue weighted by atomic mass is 16.6. The van der Waals surface area contributed by atoms with Crippen LogP contribution in [0, 0.1) is 11.3 Å². The number of ether oxygens (including phenoxy) is 1. The number of likely N-dealkylation sites (tertiary alicyclic amines) is 1. The zero-order valence-corrected chi connectivity index (χ0v) is 9.93. The first-order valence-electron chi connectivity index (χ1n) is 5.42. The van der Waals surface area contributed by atoms with Crippen LogP contribution in [0.5, 0.6) is 0 Å². The molecule has 1 aliphatic heterocycles. The Morgan fingerprint density at radius 1 is 1.62 bits per heavy atom. The summed E-state index contributed by atoms with van der Waals surface area (Å²) in [4.78, 5) is 13.2. The minimum absolute atomic E-state index is 0.431. The van der Waals surface area contributed by atoms with Crippen molar-refractivity contribution >= 4 is 6.09 Å². The van der Waals surface area contributed by atoms with Gasteiger partial charge >= 0.3 is 6.09 Å². The van der Waals surface area contributed by atoms with Crippen molar-refractivity contribution in [3.05, 3.63) is 0 Å². The van der Waals surface area contributed by atoms with E-state index in [1.54, 1.807) is 26.8 Å². The number of aliphatic hydroxyl groups excluding tert-OH is 1. The van der Waals surface area contributed by atoms with Crippen molar-refractivity contribution in [3.8, 4) is 6.07 Å². The maximum atomic E-state index is 11.8. The van der Waals surface area contributed by atoms with Gasteiger partial charge in [0.2, 0.25) is 0 Å². The van der Waals surface area contributed by atoms with Gasteiger partial charge in [0.1, 0.15) is 5.60 Å². The minimum atomic E-state index is -1.13. The maximum absolute atomic E-state index is 11.8. The highest BCUT2D eigenvalue weighted by Crippen LogP contribution is 2.22. The number of carbonyl (C=O) groups excluding carboxylic acids is 1. The van der Waals surface area contributed by atoms with Gasteiger partial charge in [-0.2, -0.15) is 5.26 Å². The number of amides is 1. The van der Waals surface area contributed by atoms with Gasteiger partial charge in [-0.1, -0.05) is 0 Å². The van der Waals surface area contributed by atoms with Crippen LogP contribution in [-0.2, 0) is 4.74 Å². The Balaban J connectivity index is 2.65. The van der Waals surface area contributed by atoms with Gasteiger partial charge in [-0.05, 0) is 33.6 Å². The van der Waals surface area contributed by atoms with E-state index in [9.17, 15) is 9.90 Å². The highest BCUT2D eigenvalue weighted by Gasteiger charge is 2.36. The molecule has 1 heterocycles. The molecule has 5 nitrogen and oxygen atoms in total. The van der Waals surface area contributed by atoms with Gasteiger partial charge < -0.3 is 14.7 Å². The monoisotopic (exact) mass is 226 g/mol. The third-order valence-electron chi connectivity index (χ3n) is 2.42. The Labute approximate surface area is 95.6 Å². The summed E-state index contributed by atoms with van der Waals surface area (Å²) in [5.41, 5.74) is -0.554. The molecular formula is C11H18N2O3. The second kappa shape index (κ2) is 4.71. The van der Waals surface area contributed by atoms with E-state index in [0.29, 0.717) is 13.0 Å². The minimum Gasteiger partial charge on any atom is -0.444 e. The molecule has 1 rings (SSSR count). The van der Waals surface area contributed by atoms with Crippen LogP contribution in [0.3, 0.4) is 0 Å². The molecule has 1 fully saturated rings. The summed E-state index contributed by atoms with van der Waals surface area (Å²) in [6, 6.07) is 1.33. The van der Waals surface area contributed by atoms with E-state index in [1.165, 1.54) is 4.90 Å². The van der Waals surface area contributed by atoms with Crippen molar-refractivity contribution in [2.24, 2.45) is 0 Å². The van der Waals surface area contributed by atoms with E-state index in [0.717, 1.165) is 6.42 Å². The molecule has 90 valence electrons. The van der Waals surface area contributed by atoms with Gasteiger partial charge in [0.15, 0.2) is 6.10 Å². The predicted molar refractivity (Wildman–Crippen MR) is 57.6 cm³/mol. The number of rotatable bonds is 1. The van der Waals surface area contributed by atoms with Crippen LogP contribution in [0.1, 0.15) is 33.6 Å². The topological polar surface area (TPSA) is 73.6 Å². The average molecular weight is 226 g/mol. The zero-order valence-electron chi connectivity index (χ0n) is 9.93. The standard InChI is InChI=1S/C11H18N2O3/c1-11(2,3)16-10(15)13-6-4-5-8(13)9(14)7-12/h8-9,14H,4-6H2,1-3H3/t8?,9-/m1/s1. The quantitative estimate of drug-likeness (QED) is 0.683. The zero-order chi connectivity index (χ0) is 12.3. The lowest BCUT2D eigenvalue weighted by molar-refractivity contribution is 0.0122. The van der Waals surface area contributed by atoms with Crippen molar-refractivity contribution in [1.82, 2.24) is 4.90 Å². The number of hydrogen-bond acceptors (Lipinski definition) is 4. The molecule has 1 aliphatic rings. The maximum Gasteiger partial charge on any atom is 0.410 e. The fraction of sp³-hybridized carbons (Fsp3) is 0.818. The Hall–Kier alpha value is -1.28. The Morgan fingerprint density at radius 2 is 2.25 bits per heavy atom. The molecule has 1 unspecified atom stereocenters. The van der Waals surface area contributed by atoms with Crippen LogP contribution in [-0.4, -0.2) is 40.4 Å². The Kier molecular flexibility index (Phi) is 3.76. The molecule has 0 spiro atoms. The van der Waals surface area contributed by atoms with Crippen LogP contribution in [0.2, 0.25) is 0 Å². The predicted octanol–water partition coefficient (Wildman–Crippen LogP) is 1.27. The summed E-state index contributed by atoms with van der Waals surface area (Å²) in [6.45, 7) is 5.91. The molecule has 1 amide bonds. The third kappa shape index (κ3) is 3.11. The molecule has 0 aromatic carbocycles. The number of carbonyl (C=O) groups is 1. The van der Waals surface area contributed by atoms with Crippen molar-refractivity contribution < 1.29 is 14.6 Å². The second-order valence-corrected chi connectivity index (χ2v) is 4.96. The van der Waals surface area contributed by atoms with Gasteiger partial charge in [-0.25, -0.2) is 4.79 Å². The van der Waals surface area contributed by atoms with Gasteiger partial charge in [-0.15, -0.1) is 0 Å². The first-order valence-corrected chi connectivity index (χ1v) is 5.42. The van der Waals surface area contributed by atoms with Crippen molar-refractivity contribution in [3.63, 3.8) is 0 Å². The van der Waals surface area contributed by atoms with E-state index in [2.05, 4.69) is 0 Å². The van der Waals surface area contributed by atoms with E-state index < -0.39 is 23.8 Å². The largest absolute Gasteiger partial charge is 0.444 e. The number of nitriles is 1. The summed E-state index contributed by atoms with van der Waals surface area (Å²) >= 11 is 0. The molecular weight excluding hydrogens is 208 g/mol. The Morgan fingerprint density at radius 3 is 2.75 bits per heavy atom. The van der Waals surface area contributed by atoms with Gasteiger partial charge in [0.05, 0.1) is 12.1 Å². The molecule has 0 saturated carbocycles. The SMILES string of the molecule is CC(C)(C)OC(=O)N1CCCC1[C@H](O)C#N. The van der Waals surface area contributed by atoms with Crippen LogP contribution in [0.4, 0.5) is 4.79 Å². The lowest BCUT2D eigenvalue weighted by atomic mass is 10.1. The lowest BCUT2D eigenvalue weighted by Gasteiger charge is -2.29. The van der Waals surface area contributed by atoms with E-state index >= 15 is 0 Å². The number of nitrogens with zero attached hydrogens (tertiary/aromatic N) is 2. The van der Waals surface area contributed by atoms with Crippen molar-refractivity contribution in [1.29, 1.82) is 5.26 Å². The van der Waals surface area contributed by atoms with Crippen molar-refractivity contribution in [2.45, 2.75) is 51.4 Å². The molecule has 1 N–H and O–H groups in total. The first kappa shape index (κ1) is 12.8. The van der Waals surface area contributed by atoms with Crippen LogP contribution < -0.4 is 0 Å². The fourth-order valence-electron chi connectivity index (χ4n) is 1.75. The first-order chi connectivity index (χ1) is 7.35. The molecule has 0 aliphatic carbocycles. The Bertz CT molecular complexity index is 303. The summed E-state index contributed by atoms with van der Waals surface area (Å²) in [5, 5.41) is 18.1. The van der Waals surface area contributed by atoms with Gasteiger partial charge in [-0.3, -0.25) is 0 Å². The molecule has 0 bridgehead atoms. The molecule has 2 atom stereocenters. The average Bonchev–Trinajstić information content (AvgIpc) is 2.62. The molecule has 16 heavy (non-hydrogen) atoms. The van der Waals surface area contributed by atoms with Crippen LogP contribution >= 0.6 is 0 Å². The second-order valence-electron chi connectivity index (χ2n) is 4.96. The molecule has 0 radical (unpaired) electrons. The summed E-state index contributed by atoms with van der Waals surface area (Å²) in [7, 11) is 0. The van der Waals surface area contributed by atoms with E-state index in [-0.39, 0.29) is 0 Å². The number of hydrogen-bond donors (Lipinski definition) is 1. The summed E-state index contributed by atoms with van der Waals surface area (Å²) in [6.07, 6.45) is -0.143. The normalized spacial score (nSPS) is 22.7. The summed E-state index contributed by atoms with van der Waals surface area (Å²) < 4.78 is 5.21. The highest BCUT2D eigenvalue weighted by molar-refractivity contribution is 5.69. The van der Waals surface area contributed by atoms with E-state index in [1.807, 2.05) is 0 Å². The van der Waals surface area contributed by atoms with Gasteiger partial charge in [0, 0.05) is 6.54 Å². The van der Waals surface area contributed by atoms with Crippen LogP contribution in [0.25, 0.3) is 0 Å². The number of aliphatic hydroxyl groups is 1. The molecule has 5 heteroatoms. The fourth-order valence-corrected chi connectivity index (χ4v) is 1.75. The molecule has 0 aromatic rings. The van der Waals surface area contributed by atoms with Gasteiger partial charge in [0.25, 0.3) is 0 Å². The molecule has 1 saturated heterocycles. The third-order valence-corrected chi connectivity index (χ3v) is 2.42. The smallest absolute Gasteiger partial charge is 0.410 e. The lowest BCUT2D eigenvalue weighted by Crippen LogP contribution is -2.44. The van der Waals surface area contributed by atoms with Crippen molar-refractivity contribution in [2.75, 3.05) is 6.54 Å². The van der Waals surface area contributed by atoms with Crippen LogP contribution in [0.15, 0.2) is 0 Å². The summed E-state index contributed by atoms with van der Waals surface area (Å²) in [5.74, 6) is 0.